The summed E-state index contributed by atoms with van der Waals surface area (Å²) < 4.78 is 1.57. The number of Topliss-reactive ketones (excluding diaryl/α,β-unsaturated/α-hetero) is 1. The molecule has 0 radical (unpaired) electrons. The Labute approximate surface area is 116 Å². The summed E-state index contributed by atoms with van der Waals surface area (Å²) in [5.41, 5.74) is 3.72. The third-order valence-electron chi connectivity index (χ3n) is 3.37. The Hall–Kier alpha value is -2.50. The summed E-state index contributed by atoms with van der Waals surface area (Å²) >= 11 is 0. The average Bonchev–Trinajstić information content (AvgIpc) is 2.88. The zero-order chi connectivity index (χ0) is 14.4. The van der Waals surface area contributed by atoms with E-state index in [-0.39, 0.29) is 6.54 Å². The van der Waals surface area contributed by atoms with E-state index < -0.39 is 11.7 Å². The Morgan fingerprint density at radius 3 is 2.60 bits per heavy atom. The highest BCUT2D eigenvalue weighted by Gasteiger charge is 2.37. The monoisotopic (exact) mass is 270 g/mol. The van der Waals surface area contributed by atoms with E-state index in [1.165, 1.54) is 4.90 Å². The number of ketones is 1. The molecular weight excluding hydrogens is 256 g/mol. The van der Waals surface area contributed by atoms with Gasteiger partial charge in [-0.05, 0) is 31.0 Å². The van der Waals surface area contributed by atoms with Gasteiger partial charge in [-0.2, -0.15) is 0 Å². The number of anilines is 1. The molecule has 0 saturated carbocycles. The molecule has 6 nitrogen and oxygen atoms in total. The predicted molar refractivity (Wildman–Crippen MR) is 72.4 cm³/mol. The van der Waals surface area contributed by atoms with Gasteiger partial charge in [-0.15, -0.1) is 5.10 Å². The number of aromatic nitrogens is 3. The number of carbonyl (C=O) groups excluding carboxylic acids is 2. The van der Waals surface area contributed by atoms with Crippen LogP contribution in [-0.4, -0.2) is 26.7 Å². The second-order valence-corrected chi connectivity index (χ2v) is 5.08. The van der Waals surface area contributed by atoms with Crippen molar-refractivity contribution in [3.05, 3.63) is 40.7 Å². The highest BCUT2D eigenvalue weighted by Crippen LogP contribution is 2.34. The van der Waals surface area contributed by atoms with Crippen LogP contribution in [0.15, 0.2) is 18.3 Å². The normalized spacial score (nSPS) is 14.1. The zero-order valence-corrected chi connectivity index (χ0v) is 11.5. The van der Waals surface area contributed by atoms with Gasteiger partial charge in [0.1, 0.15) is 5.69 Å². The van der Waals surface area contributed by atoms with Gasteiger partial charge in [0.15, 0.2) is 0 Å². The quantitative estimate of drug-likeness (QED) is 0.768. The number of fused-ring (bicyclic) bond motifs is 1. The first-order valence-electron chi connectivity index (χ1n) is 6.30. The van der Waals surface area contributed by atoms with E-state index in [9.17, 15) is 9.59 Å². The van der Waals surface area contributed by atoms with Gasteiger partial charge < -0.3 is 0 Å². The molecule has 6 heteroatoms. The molecule has 1 aromatic carbocycles. The molecule has 0 bridgehead atoms. The summed E-state index contributed by atoms with van der Waals surface area (Å²) in [5, 5.41) is 7.81. The third kappa shape index (κ3) is 1.80. The molecule has 3 rings (SSSR count). The minimum atomic E-state index is -0.501. The Kier molecular flexibility index (Phi) is 2.67. The molecule has 102 valence electrons. The number of aryl methyl sites for hydroxylation is 3. The fourth-order valence-corrected chi connectivity index (χ4v) is 2.61. The molecule has 1 aliphatic rings. The SMILES string of the molecule is Cc1cc(C)c2c(c1)C(=O)C(=O)N2Cc1cn(C)nn1. The molecule has 2 heterocycles. The van der Waals surface area contributed by atoms with E-state index >= 15 is 0 Å². The summed E-state index contributed by atoms with van der Waals surface area (Å²) in [4.78, 5) is 25.7. The van der Waals surface area contributed by atoms with Crippen LogP contribution in [0, 0.1) is 13.8 Å². The summed E-state index contributed by atoms with van der Waals surface area (Å²) in [6.45, 7) is 4.08. The summed E-state index contributed by atoms with van der Waals surface area (Å²) in [6, 6.07) is 3.73. The van der Waals surface area contributed by atoms with Crippen LogP contribution in [0.3, 0.4) is 0 Å². The van der Waals surface area contributed by atoms with Crippen molar-refractivity contribution in [3.8, 4) is 0 Å². The molecular formula is C14H14N4O2. The Morgan fingerprint density at radius 2 is 1.95 bits per heavy atom. The second kappa shape index (κ2) is 4.26. The summed E-state index contributed by atoms with van der Waals surface area (Å²) in [6.07, 6.45) is 1.74. The van der Waals surface area contributed by atoms with Crippen LogP contribution in [0.4, 0.5) is 5.69 Å². The Balaban J connectivity index is 2.06. The Bertz CT molecular complexity index is 733. The molecule has 0 fully saturated rings. The van der Waals surface area contributed by atoms with Crippen molar-refractivity contribution in [2.75, 3.05) is 4.90 Å². The van der Waals surface area contributed by atoms with Gasteiger partial charge in [-0.1, -0.05) is 11.3 Å². The van der Waals surface area contributed by atoms with Gasteiger partial charge in [0.25, 0.3) is 11.7 Å². The smallest absolute Gasteiger partial charge is 0.298 e. The van der Waals surface area contributed by atoms with Crippen LogP contribution < -0.4 is 4.90 Å². The van der Waals surface area contributed by atoms with Crippen molar-refractivity contribution in [1.29, 1.82) is 0 Å². The first kappa shape index (κ1) is 12.5. The molecule has 0 saturated heterocycles. The number of benzene rings is 1. The minimum absolute atomic E-state index is 0.259. The molecule has 0 unspecified atom stereocenters. The van der Waals surface area contributed by atoms with Crippen LogP contribution in [0.1, 0.15) is 27.2 Å². The van der Waals surface area contributed by atoms with Gasteiger partial charge in [-0.25, -0.2) is 0 Å². The molecule has 1 aliphatic heterocycles. The number of hydrogen-bond acceptors (Lipinski definition) is 4. The lowest BCUT2D eigenvalue weighted by molar-refractivity contribution is -0.114. The van der Waals surface area contributed by atoms with Crippen molar-refractivity contribution < 1.29 is 9.59 Å². The fraction of sp³-hybridized carbons (Fsp3) is 0.286. The molecule has 0 aliphatic carbocycles. The fourth-order valence-electron chi connectivity index (χ4n) is 2.61. The van der Waals surface area contributed by atoms with E-state index in [1.807, 2.05) is 19.9 Å². The maximum Gasteiger partial charge on any atom is 0.299 e. The van der Waals surface area contributed by atoms with Crippen LogP contribution in [0.2, 0.25) is 0 Å². The number of rotatable bonds is 2. The van der Waals surface area contributed by atoms with Crippen LogP contribution >= 0.6 is 0 Å². The van der Waals surface area contributed by atoms with Gasteiger partial charge in [0.2, 0.25) is 0 Å². The maximum atomic E-state index is 12.2. The Morgan fingerprint density at radius 1 is 1.20 bits per heavy atom. The number of amides is 1. The lowest BCUT2D eigenvalue weighted by atomic mass is 10.0. The molecule has 20 heavy (non-hydrogen) atoms. The van der Waals surface area contributed by atoms with Gasteiger partial charge >= 0.3 is 0 Å². The third-order valence-corrected chi connectivity index (χ3v) is 3.37. The number of hydrogen-bond donors (Lipinski definition) is 0. The first-order valence-corrected chi connectivity index (χ1v) is 6.30. The molecule has 2 aromatic rings. The topological polar surface area (TPSA) is 68.1 Å². The van der Waals surface area contributed by atoms with Crippen molar-refractivity contribution in [2.45, 2.75) is 20.4 Å². The number of carbonyl (C=O) groups is 2. The van der Waals surface area contributed by atoms with Crippen molar-refractivity contribution in [3.63, 3.8) is 0 Å². The summed E-state index contributed by atoms with van der Waals surface area (Å²) in [7, 11) is 1.76. The van der Waals surface area contributed by atoms with Gasteiger partial charge in [0.05, 0.1) is 17.8 Å². The highest BCUT2D eigenvalue weighted by molar-refractivity contribution is 6.52. The van der Waals surface area contributed by atoms with Gasteiger partial charge in [-0.3, -0.25) is 19.2 Å². The van der Waals surface area contributed by atoms with Gasteiger partial charge in [0, 0.05) is 13.2 Å². The van der Waals surface area contributed by atoms with Crippen LogP contribution in [0.25, 0.3) is 0 Å². The van der Waals surface area contributed by atoms with E-state index in [0.29, 0.717) is 16.9 Å². The molecule has 0 spiro atoms. The molecule has 1 aromatic heterocycles. The zero-order valence-electron chi connectivity index (χ0n) is 11.5. The first-order chi connectivity index (χ1) is 9.47. The lowest BCUT2D eigenvalue weighted by Crippen LogP contribution is -2.29. The second-order valence-electron chi connectivity index (χ2n) is 5.08. The minimum Gasteiger partial charge on any atom is -0.298 e. The highest BCUT2D eigenvalue weighted by atomic mass is 16.2. The molecule has 0 N–H and O–H groups in total. The van der Waals surface area contributed by atoms with Crippen molar-refractivity contribution >= 4 is 17.4 Å². The predicted octanol–water partition coefficient (Wildman–Crippen LogP) is 1.16. The van der Waals surface area contributed by atoms with E-state index in [4.69, 9.17) is 0 Å². The maximum absolute atomic E-state index is 12.2. The van der Waals surface area contributed by atoms with Crippen molar-refractivity contribution in [2.24, 2.45) is 7.05 Å². The molecule has 1 amide bonds. The summed E-state index contributed by atoms with van der Waals surface area (Å²) in [5.74, 6) is -0.949. The van der Waals surface area contributed by atoms with Crippen molar-refractivity contribution in [1.82, 2.24) is 15.0 Å². The lowest BCUT2D eigenvalue weighted by Gasteiger charge is -2.17. The standard InChI is InChI=1S/C14H14N4O2/c1-8-4-9(2)12-11(5-8)13(19)14(20)18(12)7-10-6-17(3)16-15-10/h4-6H,7H2,1-3H3. The van der Waals surface area contributed by atoms with Crippen LogP contribution in [-0.2, 0) is 18.4 Å². The van der Waals surface area contributed by atoms with E-state index in [0.717, 1.165) is 11.1 Å². The average molecular weight is 270 g/mol. The molecule has 0 atom stereocenters. The van der Waals surface area contributed by atoms with E-state index in [2.05, 4.69) is 10.3 Å². The van der Waals surface area contributed by atoms with Crippen LogP contribution in [0.5, 0.6) is 0 Å². The van der Waals surface area contributed by atoms with E-state index in [1.54, 1.807) is 24.0 Å². The number of nitrogens with zero attached hydrogens (tertiary/aromatic N) is 4. The largest absolute Gasteiger partial charge is 0.299 e.